The minimum atomic E-state index is -1.44. The molecular formula is C29H24N3NaO5. The predicted molar refractivity (Wildman–Crippen MR) is 142 cm³/mol. The number of benzene rings is 3. The van der Waals surface area contributed by atoms with E-state index < -0.39 is 11.6 Å². The summed E-state index contributed by atoms with van der Waals surface area (Å²) < 4.78 is 5.65. The van der Waals surface area contributed by atoms with E-state index in [-0.39, 0.29) is 40.9 Å². The number of anilines is 1. The van der Waals surface area contributed by atoms with Gasteiger partial charge in [0.05, 0.1) is 17.0 Å². The van der Waals surface area contributed by atoms with Crippen LogP contribution in [0.3, 0.4) is 0 Å². The maximum atomic E-state index is 12.8. The number of carbonyl (C=O) groups excluding carboxylic acids is 1. The van der Waals surface area contributed by atoms with E-state index in [1.54, 1.807) is 18.2 Å². The van der Waals surface area contributed by atoms with Crippen LogP contribution in [0, 0.1) is 0 Å². The van der Waals surface area contributed by atoms with Gasteiger partial charge in [-0.05, 0) is 67.4 Å². The molecule has 0 aliphatic rings. The Labute approximate surface area is 240 Å². The average Bonchev–Trinajstić information content (AvgIpc) is 3.31. The maximum Gasteiger partial charge on any atom is 1.00 e. The van der Waals surface area contributed by atoms with Crippen molar-refractivity contribution >= 4 is 45.8 Å². The van der Waals surface area contributed by atoms with Crippen LogP contribution in [0.25, 0.3) is 45.5 Å². The Kier molecular flexibility index (Phi) is 8.06. The Bertz CT molecular complexity index is 1730. The summed E-state index contributed by atoms with van der Waals surface area (Å²) in [5, 5.41) is 21.6. The fraction of sp³-hybridized carbons (Fsp3) is 0.138. The van der Waals surface area contributed by atoms with Crippen LogP contribution in [-0.4, -0.2) is 34.1 Å². The maximum absolute atomic E-state index is 12.8. The summed E-state index contributed by atoms with van der Waals surface area (Å²) in [6.07, 6.45) is 3.54. The van der Waals surface area contributed by atoms with Gasteiger partial charge in [-0.25, -0.2) is 9.78 Å². The zero-order valence-electron chi connectivity index (χ0n) is 21.3. The number of nitrogens with zero attached hydrogens (tertiary/aromatic N) is 2. The van der Waals surface area contributed by atoms with E-state index in [1.165, 1.54) is 12.1 Å². The van der Waals surface area contributed by atoms with Crippen LogP contribution in [0.4, 0.5) is 5.69 Å². The summed E-state index contributed by atoms with van der Waals surface area (Å²) in [4.78, 5) is 33.9. The number of fused-ring (bicyclic) bond motifs is 2. The molecule has 186 valence electrons. The third kappa shape index (κ3) is 5.38. The fourth-order valence-electron chi connectivity index (χ4n) is 4.32. The molecular weight excluding hydrogens is 493 g/mol. The Hall–Kier alpha value is -3.85. The van der Waals surface area contributed by atoms with Crippen LogP contribution in [0.5, 0.6) is 5.75 Å². The molecule has 0 saturated heterocycles. The van der Waals surface area contributed by atoms with E-state index in [0.717, 1.165) is 35.2 Å². The molecule has 0 atom stereocenters. The van der Waals surface area contributed by atoms with E-state index in [9.17, 15) is 19.8 Å². The predicted octanol–water partition coefficient (Wildman–Crippen LogP) is 1.43. The molecule has 38 heavy (non-hydrogen) atoms. The smallest absolute Gasteiger partial charge is 0.545 e. The number of hydrogen-bond acceptors (Lipinski definition) is 7. The number of carboxylic acids is 1. The molecule has 0 aliphatic carbocycles. The van der Waals surface area contributed by atoms with Crippen molar-refractivity contribution in [3.63, 3.8) is 0 Å². The third-order valence-electron chi connectivity index (χ3n) is 6.32. The summed E-state index contributed by atoms with van der Waals surface area (Å²) in [5.41, 5.74) is 3.98. The number of carbonyl (C=O) groups is 1. The summed E-state index contributed by atoms with van der Waals surface area (Å²) in [5.74, 6) is -1.37. The van der Waals surface area contributed by atoms with Crippen LogP contribution in [0.15, 0.2) is 69.9 Å². The molecule has 0 amide bonds. The number of aromatic amines is 1. The summed E-state index contributed by atoms with van der Waals surface area (Å²) in [7, 11) is 0. The Morgan fingerprint density at radius 3 is 2.45 bits per heavy atom. The molecule has 5 rings (SSSR count). The SMILES string of the molecule is CCN(CC)c1ccc2cc(-c3nc4ccc(/C=C/c5ccc(O)c(C(=O)[O-])c5)cc4[nH]3)c(=O)oc2c1.[Na+]. The number of rotatable bonds is 7. The molecule has 2 heterocycles. The standard InChI is InChI=1S/C29H25N3O5.Na/c1-3-32(4-2)20-10-9-19-15-22(29(36)37-26(19)16-20)27-30-23-11-7-18(14-24(23)31-27)6-5-17-8-12-25(33)21(13-17)28(34)35;/h5-16,33H,3-4H2,1-2H3,(H,30,31)(H,34,35);/q;+1/p-1/b6-5+;. The zero-order valence-corrected chi connectivity index (χ0v) is 23.3. The Morgan fingerprint density at radius 2 is 1.74 bits per heavy atom. The van der Waals surface area contributed by atoms with Crippen LogP contribution < -0.4 is 45.2 Å². The number of carboxylic acid groups (broad SMARTS) is 1. The van der Waals surface area contributed by atoms with Crippen molar-refractivity contribution in [1.29, 1.82) is 0 Å². The van der Waals surface area contributed by atoms with Gasteiger partial charge in [-0.2, -0.15) is 0 Å². The molecule has 0 saturated carbocycles. The molecule has 0 fully saturated rings. The zero-order chi connectivity index (χ0) is 26.1. The quantitative estimate of drug-likeness (QED) is 0.190. The number of phenols is 1. The second-order valence-electron chi connectivity index (χ2n) is 8.60. The van der Waals surface area contributed by atoms with E-state index in [0.29, 0.717) is 28.1 Å². The van der Waals surface area contributed by atoms with E-state index in [2.05, 4.69) is 28.7 Å². The molecule has 0 unspecified atom stereocenters. The van der Waals surface area contributed by atoms with Crippen LogP contribution in [0.2, 0.25) is 0 Å². The van der Waals surface area contributed by atoms with Gasteiger partial charge in [-0.1, -0.05) is 24.3 Å². The number of hydrogen-bond donors (Lipinski definition) is 2. The van der Waals surface area contributed by atoms with Crippen molar-refractivity contribution in [2.24, 2.45) is 0 Å². The number of aromatic hydroxyl groups is 1. The summed E-state index contributed by atoms with van der Waals surface area (Å²) in [6, 6.07) is 17.5. The second kappa shape index (κ2) is 11.3. The normalized spacial score (nSPS) is 11.2. The molecule has 0 spiro atoms. The molecule has 0 bridgehead atoms. The van der Waals surface area contributed by atoms with Crippen LogP contribution in [-0.2, 0) is 0 Å². The van der Waals surface area contributed by atoms with Crippen molar-refractivity contribution < 1.29 is 49.0 Å². The van der Waals surface area contributed by atoms with Crippen molar-refractivity contribution in [2.45, 2.75) is 13.8 Å². The molecule has 2 aromatic heterocycles. The first-order valence-corrected chi connectivity index (χ1v) is 11.9. The van der Waals surface area contributed by atoms with Gasteiger partial charge in [0.2, 0.25) is 0 Å². The fourth-order valence-corrected chi connectivity index (χ4v) is 4.32. The first-order valence-electron chi connectivity index (χ1n) is 11.9. The average molecular weight is 518 g/mol. The topological polar surface area (TPSA) is 122 Å². The second-order valence-corrected chi connectivity index (χ2v) is 8.60. The number of aromatic carboxylic acids is 1. The summed E-state index contributed by atoms with van der Waals surface area (Å²) in [6.45, 7) is 5.87. The van der Waals surface area contributed by atoms with Gasteiger partial charge in [-0.3, -0.25) is 0 Å². The minimum absolute atomic E-state index is 0. The van der Waals surface area contributed by atoms with Crippen molar-refractivity contribution in [3.05, 3.63) is 87.8 Å². The van der Waals surface area contributed by atoms with Crippen LogP contribution >= 0.6 is 0 Å². The van der Waals surface area contributed by atoms with Gasteiger partial charge >= 0.3 is 35.2 Å². The number of H-pyrrole nitrogens is 1. The van der Waals surface area contributed by atoms with Gasteiger partial charge in [0.15, 0.2) is 0 Å². The first kappa shape index (κ1) is 27.2. The molecule has 9 heteroatoms. The Balaban J connectivity index is 0.00000336. The van der Waals surface area contributed by atoms with Crippen molar-refractivity contribution in [2.75, 3.05) is 18.0 Å². The molecule has 3 aromatic carbocycles. The van der Waals surface area contributed by atoms with Crippen molar-refractivity contribution in [1.82, 2.24) is 9.97 Å². The van der Waals surface area contributed by atoms with Crippen LogP contribution in [0.1, 0.15) is 35.3 Å². The molecule has 8 nitrogen and oxygen atoms in total. The largest absolute Gasteiger partial charge is 1.00 e. The molecule has 0 radical (unpaired) electrons. The van der Waals surface area contributed by atoms with Gasteiger partial charge in [-0.15, -0.1) is 0 Å². The number of aromatic nitrogens is 2. The molecule has 2 N–H and O–H groups in total. The number of imidazole rings is 1. The Morgan fingerprint density at radius 1 is 1.03 bits per heavy atom. The van der Waals surface area contributed by atoms with Crippen molar-refractivity contribution in [3.8, 4) is 17.1 Å². The van der Waals surface area contributed by atoms with Gasteiger partial charge < -0.3 is 29.3 Å². The first-order chi connectivity index (χ1) is 17.9. The van der Waals surface area contributed by atoms with Gasteiger partial charge in [0, 0.05) is 35.8 Å². The van der Waals surface area contributed by atoms with E-state index in [4.69, 9.17) is 4.42 Å². The van der Waals surface area contributed by atoms with E-state index >= 15 is 0 Å². The number of nitrogens with one attached hydrogen (secondary N) is 1. The molecule has 0 aliphatic heterocycles. The van der Waals surface area contributed by atoms with E-state index in [1.807, 2.05) is 42.5 Å². The third-order valence-corrected chi connectivity index (χ3v) is 6.32. The van der Waals surface area contributed by atoms with Gasteiger partial charge in [0.25, 0.3) is 0 Å². The monoisotopic (exact) mass is 517 g/mol. The minimum Gasteiger partial charge on any atom is -0.545 e. The summed E-state index contributed by atoms with van der Waals surface area (Å²) >= 11 is 0. The van der Waals surface area contributed by atoms with Gasteiger partial charge in [0.1, 0.15) is 22.7 Å². The molecule has 5 aromatic rings.